The van der Waals surface area contributed by atoms with Gasteiger partial charge in [0.05, 0.1) is 19.8 Å². The summed E-state index contributed by atoms with van der Waals surface area (Å²) in [7, 11) is 1.69. The van der Waals surface area contributed by atoms with Crippen molar-refractivity contribution in [2.45, 2.75) is 39.0 Å². The van der Waals surface area contributed by atoms with Gasteiger partial charge in [0.25, 0.3) is 0 Å². The Hall–Kier alpha value is -1.10. The number of ether oxygens (including phenoxy) is 2. The fourth-order valence-corrected chi connectivity index (χ4v) is 2.68. The summed E-state index contributed by atoms with van der Waals surface area (Å²) in [5.41, 5.74) is 2.05. The Balaban J connectivity index is 2.04. The molecule has 112 valence electrons. The average molecular weight is 279 g/mol. The van der Waals surface area contributed by atoms with Gasteiger partial charge in [-0.05, 0) is 37.1 Å². The summed E-state index contributed by atoms with van der Waals surface area (Å²) in [5, 5.41) is 9.27. The Morgan fingerprint density at radius 3 is 2.90 bits per heavy atom. The number of hydrogen-bond acceptors (Lipinski definition) is 4. The minimum absolute atomic E-state index is 0.0643. The van der Waals surface area contributed by atoms with Crippen LogP contribution < -0.4 is 4.74 Å². The molecule has 1 saturated heterocycles. The van der Waals surface area contributed by atoms with Gasteiger partial charge in [-0.3, -0.25) is 4.90 Å². The number of likely N-dealkylation sites (N-methyl/N-ethyl adjacent to an activating group) is 1. The topological polar surface area (TPSA) is 41.9 Å². The highest BCUT2D eigenvalue weighted by molar-refractivity contribution is 5.37. The number of methoxy groups -OCH3 is 1. The summed E-state index contributed by atoms with van der Waals surface area (Å²) in [6.07, 6.45) is 2.69. The van der Waals surface area contributed by atoms with E-state index in [0.717, 1.165) is 49.5 Å². The first-order chi connectivity index (χ1) is 9.76. The number of rotatable bonds is 7. The minimum Gasteiger partial charge on any atom is -0.496 e. The van der Waals surface area contributed by atoms with E-state index in [1.54, 1.807) is 7.11 Å². The average Bonchev–Trinajstić information content (AvgIpc) is 2.99. The first kappa shape index (κ1) is 15.3. The van der Waals surface area contributed by atoms with E-state index in [4.69, 9.17) is 9.47 Å². The molecule has 0 radical (unpaired) electrons. The third-order valence-corrected chi connectivity index (χ3v) is 3.85. The Morgan fingerprint density at radius 2 is 2.30 bits per heavy atom. The zero-order chi connectivity index (χ0) is 14.4. The van der Waals surface area contributed by atoms with Crippen molar-refractivity contribution >= 4 is 0 Å². The molecule has 2 rings (SSSR count). The van der Waals surface area contributed by atoms with Gasteiger partial charge in [-0.15, -0.1) is 0 Å². The Kier molecular flexibility index (Phi) is 5.83. The monoisotopic (exact) mass is 279 g/mol. The molecule has 0 bridgehead atoms. The second-order valence-corrected chi connectivity index (χ2v) is 5.27. The van der Waals surface area contributed by atoms with Gasteiger partial charge in [-0.25, -0.2) is 0 Å². The molecular formula is C16H25NO3. The molecule has 1 aliphatic rings. The predicted octanol–water partition coefficient (Wildman–Crippen LogP) is 2.19. The Morgan fingerprint density at radius 1 is 1.45 bits per heavy atom. The SMILES string of the molecule is CCN(Cc1cc(CO)ccc1OC)CC1CCCO1. The van der Waals surface area contributed by atoms with E-state index >= 15 is 0 Å². The lowest BCUT2D eigenvalue weighted by Gasteiger charge is -2.24. The van der Waals surface area contributed by atoms with Crippen LogP contribution in [0, 0.1) is 0 Å². The van der Waals surface area contributed by atoms with Crippen molar-refractivity contribution in [1.82, 2.24) is 4.90 Å². The zero-order valence-electron chi connectivity index (χ0n) is 12.5. The molecule has 1 aliphatic heterocycles. The quantitative estimate of drug-likeness (QED) is 0.831. The molecule has 20 heavy (non-hydrogen) atoms. The van der Waals surface area contributed by atoms with Gasteiger partial charge in [-0.1, -0.05) is 13.0 Å². The van der Waals surface area contributed by atoms with Crippen molar-refractivity contribution in [2.24, 2.45) is 0 Å². The molecule has 1 heterocycles. The molecule has 4 nitrogen and oxygen atoms in total. The molecule has 0 aliphatic carbocycles. The fraction of sp³-hybridized carbons (Fsp3) is 0.625. The van der Waals surface area contributed by atoms with Gasteiger partial charge in [0.15, 0.2) is 0 Å². The summed E-state index contributed by atoms with van der Waals surface area (Å²) >= 11 is 0. The third kappa shape index (κ3) is 3.95. The summed E-state index contributed by atoms with van der Waals surface area (Å²) in [6, 6.07) is 5.86. The molecule has 0 aromatic heterocycles. The number of benzene rings is 1. The summed E-state index contributed by atoms with van der Waals surface area (Å²) in [6.45, 7) is 5.89. The first-order valence-corrected chi connectivity index (χ1v) is 7.37. The van der Waals surface area contributed by atoms with Crippen molar-refractivity contribution in [3.63, 3.8) is 0 Å². The van der Waals surface area contributed by atoms with Crippen molar-refractivity contribution in [3.05, 3.63) is 29.3 Å². The lowest BCUT2D eigenvalue weighted by Crippen LogP contribution is -2.31. The van der Waals surface area contributed by atoms with Crippen LogP contribution in [0.4, 0.5) is 0 Å². The van der Waals surface area contributed by atoms with Crippen LogP contribution in [0.15, 0.2) is 18.2 Å². The van der Waals surface area contributed by atoms with E-state index in [9.17, 15) is 5.11 Å². The molecule has 0 amide bonds. The number of aliphatic hydroxyl groups is 1. The van der Waals surface area contributed by atoms with Gasteiger partial charge < -0.3 is 14.6 Å². The van der Waals surface area contributed by atoms with E-state index in [0.29, 0.717) is 6.10 Å². The second kappa shape index (κ2) is 7.62. The van der Waals surface area contributed by atoms with Gasteiger partial charge in [0, 0.05) is 25.3 Å². The van der Waals surface area contributed by atoms with E-state index in [1.165, 1.54) is 6.42 Å². The molecule has 1 N–H and O–H groups in total. The van der Waals surface area contributed by atoms with Crippen molar-refractivity contribution in [3.8, 4) is 5.75 Å². The smallest absolute Gasteiger partial charge is 0.123 e. The lowest BCUT2D eigenvalue weighted by atomic mass is 10.1. The summed E-state index contributed by atoms with van der Waals surface area (Å²) in [4.78, 5) is 2.37. The highest BCUT2D eigenvalue weighted by Gasteiger charge is 2.19. The highest BCUT2D eigenvalue weighted by atomic mass is 16.5. The van der Waals surface area contributed by atoms with E-state index in [1.807, 2.05) is 18.2 Å². The molecule has 1 atom stereocenters. The van der Waals surface area contributed by atoms with E-state index in [-0.39, 0.29) is 6.61 Å². The number of aliphatic hydroxyl groups excluding tert-OH is 1. The van der Waals surface area contributed by atoms with Crippen LogP contribution >= 0.6 is 0 Å². The maximum Gasteiger partial charge on any atom is 0.123 e. The number of hydrogen-bond donors (Lipinski definition) is 1. The molecule has 1 unspecified atom stereocenters. The van der Waals surface area contributed by atoms with Crippen molar-refractivity contribution in [1.29, 1.82) is 0 Å². The van der Waals surface area contributed by atoms with Crippen LogP contribution in [0.25, 0.3) is 0 Å². The van der Waals surface area contributed by atoms with Crippen LogP contribution in [-0.2, 0) is 17.9 Å². The van der Waals surface area contributed by atoms with Gasteiger partial charge >= 0.3 is 0 Å². The molecule has 1 fully saturated rings. The van der Waals surface area contributed by atoms with E-state index in [2.05, 4.69) is 11.8 Å². The van der Waals surface area contributed by atoms with Gasteiger partial charge in [0.2, 0.25) is 0 Å². The molecule has 0 spiro atoms. The first-order valence-electron chi connectivity index (χ1n) is 7.37. The summed E-state index contributed by atoms with van der Waals surface area (Å²) in [5.74, 6) is 0.882. The normalized spacial score (nSPS) is 18.7. The van der Waals surface area contributed by atoms with Gasteiger partial charge in [0.1, 0.15) is 5.75 Å². The predicted molar refractivity (Wildman–Crippen MR) is 78.8 cm³/mol. The molecule has 4 heteroatoms. The van der Waals surface area contributed by atoms with Crippen LogP contribution in [0.5, 0.6) is 5.75 Å². The Bertz CT molecular complexity index is 416. The lowest BCUT2D eigenvalue weighted by molar-refractivity contribution is 0.0722. The van der Waals surface area contributed by atoms with Gasteiger partial charge in [-0.2, -0.15) is 0 Å². The van der Waals surface area contributed by atoms with Crippen molar-refractivity contribution in [2.75, 3.05) is 26.8 Å². The zero-order valence-corrected chi connectivity index (χ0v) is 12.5. The minimum atomic E-state index is 0.0643. The van der Waals surface area contributed by atoms with Crippen LogP contribution in [0.2, 0.25) is 0 Å². The summed E-state index contributed by atoms with van der Waals surface area (Å²) < 4.78 is 11.1. The van der Waals surface area contributed by atoms with Crippen LogP contribution in [0.1, 0.15) is 30.9 Å². The highest BCUT2D eigenvalue weighted by Crippen LogP contribution is 2.23. The molecule has 0 saturated carbocycles. The molecule has 1 aromatic carbocycles. The maximum atomic E-state index is 9.27. The number of nitrogens with zero attached hydrogens (tertiary/aromatic N) is 1. The van der Waals surface area contributed by atoms with Crippen LogP contribution in [-0.4, -0.2) is 42.9 Å². The molecular weight excluding hydrogens is 254 g/mol. The second-order valence-electron chi connectivity index (χ2n) is 5.27. The molecule has 1 aromatic rings. The standard InChI is InChI=1S/C16H25NO3/c1-3-17(11-15-5-4-8-20-15)10-14-9-13(12-18)6-7-16(14)19-2/h6-7,9,15,18H,3-5,8,10-12H2,1-2H3. The van der Waals surface area contributed by atoms with Crippen molar-refractivity contribution < 1.29 is 14.6 Å². The fourth-order valence-electron chi connectivity index (χ4n) is 2.68. The van der Waals surface area contributed by atoms with E-state index < -0.39 is 0 Å². The largest absolute Gasteiger partial charge is 0.496 e. The van der Waals surface area contributed by atoms with Crippen LogP contribution in [0.3, 0.4) is 0 Å². The third-order valence-electron chi connectivity index (χ3n) is 3.85. The Labute approximate surface area is 121 Å². The maximum absolute atomic E-state index is 9.27.